The van der Waals surface area contributed by atoms with Crippen LogP contribution < -0.4 is 11.1 Å². The summed E-state index contributed by atoms with van der Waals surface area (Å²) in [7, 11) is 0. The van der Waals surface area contributed by atoms with Gasteiger partial charge in [0.25, 0.3) is 5.91 Å². The second-order valence-electron chi connectivity index (χ2n) is 6.42. The first-order chi connectivity index (χ1) is 12.3. The van der Waals surface area contributed by atoms with E-state index in [1.807, 2.05) is 18.2 Å². The van der Waals surface area contributed by atoms with Crippen molar-refractivity contribution < 1.29 is 9.21 Å². The number of rotatable bonds is 6. The summed E-state index contributed by atoms with van der Waals surface area (Å²) in [5.41, 5.74) is 6.99. The first-order valence-electron chi connectivity index (χ1n) is 8.99. The molecule has 3 N–H and O–H groups in total. The maximum absolute atomic E-state index is 12.4. The van der Waals surface area contributed by atoms with Crippen LogP contribution in [0.5, 0.6) is 0 Å². The number of hydrogen-bond donors (Lipinski definition) is 2. The average Bonchev–Trinajstić information content (AvgIpc) is 2.99. The molecule has 0 aliphatic carbocycles. The largest absolute Gasteiger partial charge is 0.447 e. The Morgan fingerprint density at radius 2 is 1.92 bits per heavy atom. The van der Waals surface area contributed by atoms with Crippen LogP contribution in [0.25, 0.3) is 0 Å². The van der Waals surface area contributed by atoms with Crippen LogP contribution in [0, 0.1) is 0 Å². The lowest BCUT2D eigenvalue weighted by Gasteiger charge is -2.31. The molecule has 3 rings (SSSR count). The van der Waals surface area contributed by atoms with Crippen molar-refractivity contribution in [3.8, 4) is 0 Å². The van der Waals surface area contributed by atoms with E-state index in [0.29, 0.717) is 12.4 Å². The minimum Gasteiger partial charge on any atom is -0.447 e. The minimum absolute atomic E-state index is 0.170. The number of amides is 1. The molecule has 1 saturated heterocycles. The molecular formula is C19H26N4O2. The third-order valence-corrected chi connectivity index (χ3v) is 4.68. The van der Waals surface area contributed by atoms with E-state index in [4.69, 9.17) is 10.2 Å². The highest BCUT2D eigenvalue weighted by Crippen LogP contribution is 2.23. The third kappa shape index (κ3) is 4.67. The Bertz CT molecular complexity index is 663. The van der Waals surface area contributed by atoms with Gasteiger partial charge in [-0.25, -0.2) is 4.98 Å². The van der Waals surface area contributed by atoms with Gasteiger partial charge in [0.1, 0.15) is 6.26 Å². The molecule has 25 heavy (non-hydrogen) atoms. The van der Waals surface area contributed by atoms with Crippen molar-refractivity contribution in [1.82, 2.24) is 15.2 Å². The molecule has 1 aliphatic heterocycles. The van der Waals surface area contributed by atoms with Crippen molar-refractivity contribution in [2.45, 2.75) is 38.3 Å². The first-order valence-corrected chi connectivity index (χ1v) is 8.99. The maximum Gasteiger partial charge on any atom is 0.273 e. The molecule has 1 aromatic heterocycles. The van der Waals surface area contributed by atoms with Gasteiger partial charge < -0.3 is 15.5 Å². The molecule has 0 bridgehead atoms. The molecule has 1 aromatic carbocycles. The summed E-state index contributed by atoms with van der Waals surface area (Å²) in [6, 6.07) is 10.5. The van der Waals surface area contributed by atoms with Gasteiger partial charge >= 0.3 is 0 Å². The van der Waals surface area contributed by atoms with Crippen molar-refractivity contribution in [1.29, 1.82) is 0 Å². The van der Waals surface area contributed by atoms with E-state index in [0.717, 1.165) is 13.1 Å². The normalized spacial score (nSPS) is 17.0. The van der Waals surface area contributed by atoms with Crippen LogP contribution in [-0.4, -0.2) is 35.4 Å². The Labute approximate surface area is 148 Å². The van der Waals surface area contributed by atoms with Gasteiger partial charge in [-0.3, -0.25) is 9.69 Å². The van der Waals surface area contributed by atoms with Crippen molar-refractivity contribution in [3.63, 3.8) is 0 Å². The standard InChI is InChI=1S/C19H26N4O2/c20-12-18-22-16(14-25-18)19(24)21-13-17(15-8-4-3-5-9-15)23-10-6-1-2-7-11-23/h3-5,8-9,14,17H,1-2,6-7,10-13,20H2,(H,21,24)/t17-/m1/s1. The summed E-state index contributed by atoms with van der Waals surface area (Å²) < 4.78 is 5.15. The molecule has 1 aliphatic rings. The lowest BCUT2D eigenvalue weighted by molar-refractivity contribution is 0.0928. The van der Waals surface area contributed by atoms with E-state index < -0.39 is 0 Å². The molecule has 2 heterocycles. The van der Waals surface area contributed by atoms with E-state index in [1.54, 1.807) is 0 Å². The van der Waals surface area contributed by atoms with Crippen molar-refractivity contribution in [3.05, 3.63) is 53.7 Å². The highest BCUT2D eigenvalue weighted by molar-refractivity contribution is 5.91. The summed E-state index contributed by atoms with van der Waals surface area (Å²) in [4.78, 5) is 18.9. The van der Waals surface area contributed by atoms with Gasteiger partial charge in [-0.2, -0.15) is 0 Å². The average molecular weight is 342 g/mol. The molecule has 1 fully saturated rings. The molecule has 0 saturated carbocycles. The van der Waals surface area contributed by atoms with Gasteiger partial charge in [0, 0.05) is 6.54 Å². The zero-order valence-electron chi connectivity index (χ0n) is 14.5. The molecule has 0 spiro atoms. The van der Waals surface area contributed by atoms with Crippen molar-refractivity contribution in [2.75, 3.05) is 19.6 Å². The molecule has 0 unspecified atom stereocenters. The van der Waals surface area contributed by atoms with E-state index in [-0.39, 0.29) is 24.2 Å². The number of hydrogen-bond acceptors (Lipinski definition) is 5. The second kappa shape index (κ2) is 8.78. The van der Waals surface area contributed by atoms with E-state index >= 15 is 0 Å². The lowest BCUT2D eigenvalue weighted by atomic mass is 10.0. The monoisotopic (exact) mass is 342 g/mol. The molecule has 0 radical (unpaired) electrons. The fourth-order valence-electron chi connectivity index (χ4n) is 3.33. The Hall–Kier alpha value is -2.18. The number of nitrogens with one attached hydrogen (secondary N) is 1. The lowest BCUT2D eigenvalue weighted by Crippen LogP contribution is -2.38. The summed E-state index contributed by atoms with van der Waals surface area (Å²) in [5.74, 6) is 0.150. The van der Waals surface area contributed by atoms with Crippen LogP contribution in [-0.2, 0) is 6.54 Å². The van der Waals surface area contributed by atoms with E-state index in [2.05, 4.69) is 27.3 Å². The van der Waals surface area contributed by atoms with Gasteiger partial charge in [-0.1, -0.05) is 43.2 Å². The fourth-order valence-corrected chi connectivity index (χ4v) is 3.33. The number of nitrogens with zero attached hydrogens (tertiary/aromatic N) is 2. The number of likely N-dealkylation sites (tertiary alicyclic amines) is 1. The van der Waals surface area contributed by atoms with Crippen LogP contribution in [0.2, 0.25) is 0 Å². The first kappa shape index (κ1) is 17.6. The number of carbonyl (C=O) groups is 1. The molecular weight excluding hydrogens is 316 g/mol. The molecule has 6 nitrogen and oxygen atoms in total. The highest BCUT2D eigenvalue weighted by atomic mass is 16.3. The van der Waals surface area contributed by atoms with Crippen LogP contribution in [0.1, 0.15) is 53.7 Å². The van der Waals surface area contributed by atoms with Crippen molar-refractivity contribution in [2.24, 2.45) is 5.73 Å². The predicted molar refractivity (Wildman–Crippen MR) is 96.0 cm³/mol. The van der Waals surface area contributed by atoms with E-state index in [9.17, 15) is 4.79 Å². The fraction of sp³-hybridized carbons (Fsp3) is 0.474. The number of benzene rings is 1. The Morgan fingerprint density at radius 1 is 1.20 bits per heavy atom. The summed E-state index contributed by atoms with van der Waals surface area (Å²) >= 11 is 0. The van der Waals surface area contributed by atoms with Gasteiger partial charge in [0.15, 0.2) is 5.69 Å². The number of oxazole rings is 1. The zero-order chi connectivity index (χ0) is 17.5. The molecule has 1 amide bonds. The van der Waals surface area contributed by atoms with Crippen LogP contribution in [0.3, 0.4) is 0 Å². The van der Waals surface area contributed by atoms with Crippen LogP contribution in [0.4, 0.5) is 0 Å². The summed E-state index contributed by atoms with van der Waals surface area (Å²) in [5, 5.41) is 3.01. The Balaban J connectivity index is 1.69. The molecule has 134 valence electrons. The van der Waals surface area contributed by atoms with Crippen LogP contribution >= 0.6 is 0 Å². The maximum atomic E-state index is 12.4. The molecule has 6 heteroatoms. The zero-order valence-corrected chi connectivity index (χ0v) is 14.5. The highest BCUT2D eigenvalue weighted by Gasteiger charge is 2.22. The topological polar surface area (TPSA) is 84.4 Å². The van der Waals surface area contributed by atoms with Gasteiger partial charge in [0.05, 0.1) is 12.6 Å². The summed E-state index contributed by atoms with van der Waals surface area (Å²) in [6.45, 7) is 2.87. The molecule has 1 atom stereocenters. The molecule has 2 aromatic rings. The summed E-state index contributed by atoms with van der Waals surface area (Å²) in [6.07, 6.45) is 6.35. The number of aromatic nitrogens is 1. The predicted octanol–water partition coefficient (Wildman–Crippen LogP) is 2.48. The minimum atomic E-state index is -0.223. The third-order valence-electron chi connectivity index (χ3n) is 4.68. The number of nitrogens with two attached hydrogens (primary N) is 1. The van der Waals surface area contributed by atoms with Gasteiger partial charge in [-0.05, 0) is 31.5 Å². The van der Waals surface area contributed by atoms with Crippen molar-refractivity contribution >= 4 is 5.91 Å². The van der Waals surface area contributed by atoms with Gasteiger partial charge in [-0.15, -0.1) is 0 Å². The smallest absolute Gasteiger partial charge is 0.273 e. The van der Waals surface area contributed by atoms with Crippen LogP contribution in [0.15, 0.2) is 41.0 Å². The van der Waals surface area contributed by atoms with Gasteiger partial charge in [0.2, 0.25) is 5.89 Å². The SMILES string of the molecule is NCc1nc(C(=O)NC[C@H](c2ccccc2)N2CCCCCC2)co1. The quantitative estimate of drug-likeness (QED) is 0.842. The van der Waals surface area contributed by atoms with E-state index in [1.165, 1.54) is 37.5 Å². The second-order valence-corrected chi connectivity index (χ2v) is 6.42. The number of carbonyl (C=O) groups excluding carboxylic acids is 1. The Morgan fingerprint density at radius 3 is 2.56 bits per heavy atom. The Kier molecular flexibility index (Phi) is 6.19.